The van der Waals surface area contributed by atoms with Crippen LogP contribution in [0.2, 0.25) is 0 Å². The molecular weight excluding hydrogens is 342 g/mol. The molecule has 0 bridgehead atoms. The molecule has 0 radical (unpaired) electrons. The van der Waals surface area contributed by atoms with E-state index in [4.69, 9.17) is 18.7 Å². The third kappa shape index (κ3) is 3.56. The Morgan fingerprint density at radius 1 is 1.24 bits per heavy atom. The number of esters is 1. The van der Waals surface area contributed by atoms with Crippen LogP contribution in [0.1, 0.15) is 11.3 Å². The van der Waals surface area contributed by atoms with Crippen molar-refractivity contribution in [3.63, 3.8) is 0 Å². The van der Waals surface area contributed by atoms with Crippen LogP contribution < -0.4 is 9.47 Å². The van der Waals surface area contributed by atoms with Gasteiger partial charge in [-0.1, -0.05) is 17.3 Å². The summed E-state index contributed by atoms with van der Waals surface area (Å²) in [6.07, 6.45) is 3.02. The first-order valence-corrected chi connectivity index (χ1v) is 8.40. The van der Waals surface area contributed by atoms with Crippen molar-refractivity contribution in [1.82, 2.24) is 5.16 Å². The fourth-order valence-corrected chi connectivity index (χ4v) is 2.96. The molecule has 3 heterocycles. The molecule has 6 nitrogen and oxygen atoms in total. The summed E-state index contributed by atoms with van der Waals surface area (Å²) in [5, 5.41) is 5.86. The average molecular weight is 355 g/mol. The number of nitrogens with zero attached hydrogens (tertiary/aromatic N) is 1. The molecule has 126 valence electrons. The second-order valence-corrected chi connectivity index (χ2v) is 6.16. The maximum absolute atomic E-state index is 11.8. The van der Waals surface area contributed by atoms with Crippen molar-refractivity contribution in [2.24, 2.45) is 0 Å². The monoisotopic (exact) mass is 355 g/mol. The van der Waals surface area contributed by atoms with Gasteiger partial charge >= 0.3 is 5.97 Å². The average Bonchev–Trinajstić information content (AvgIpc) is 3.38. The minimum Gasteiger partial charge on any atom is -0.456 e. The second-order valence-electron chi connectivity index (χ2n) is 5.21. The van der Waals surface area contributed by atoms with E-state index in [0.29, 0.717) is 23.0 Å². The summed E-state index contributed by atoms with van der Waals surface area (Å²) >= 11 is 1.56. The molecule has 3 aromatic rings. The quantitative estimate of drug-likeness (QED) is 0.511. The number of aromatic nitrogens is 1. The highest BCUT2D eigenvalue weighted by Gasteiger charge is 2.12. The van der Waals surface area contributed by atoms with Crippen LogP contribution in [0.3, 0.4) is 0 Å². The third-order valence-corrected chi connectivity index (χ3v) is 4.38. The number of benzene rings is 1. The predicted molar refractivity (Wildman–Crippen MR) is 91.2 cm³/mol. The topological polar surface area (TPSA) is 70.8 Å². The van der Waals surface area contributed by atoms with Gasteiger partial charge in [-0.05, 0) is 35.2 Å². The zero-order valence-corrected chi connectivity index (χ0v) is 13.8. The molecule has 1 aliphatic rings. The van der Waals surface area contributed by atoms with Crippen molar-refractivity contribution >= 4 is 23.4 Å². The molecule has 1 aliphatic heterocycles. The van der Waals surface area contributed by atoms with E-state index < -0.39 is 5.97 Å². The largest absolute Gasteiger partial charge is 0.456 e. The Hall–Kier alpha value is -3.06. The van der Waals surface area contributed by atoms with E-state index in [1.807, 2.05) is 23.6 Å². The van der Waals surface area contributed by atoms with Crippen LogP contribution in [-0.2, 0) is 16.1 Å². The highest BCUT2D eigenvalue weighted by Crippen LogP contribution is 2.32. The molecule has 25 heavy (non-hydrogen) atoms. The van der Waals surface area contributed by atoms with E-state index >= 15 is 0 Å². The molecular formula is C18H13NO5S. The third-order valence-electron chi connectivity index (χ3n) is 3.49. The van der Waals surface area contributed by atoms with Gasteiger partial charge in [0.25, 0.3) is 0 Å². The fraction of sp³-hybridized carbons (Fsp3) is 0.111. The molecule has 0 spiro atoms. The molecule has 0 amide bonds. The Bertz CT molecular complexity index is 913. The Morgan fingerprint density at radius 2 is 2.16 bits per heavy atom. The van der Waals surface area contributed by atoms with Gasteiger partial charge in [-0.15, -0.1) is 11.3 Å². The molecule has 0 fully saturated rings. The lowest BCUT2D eigenvalue weighted by Crippen LogP contribution is -2.00. The zero-order valence-electron chi connectivity index (χ0n) is 13.0. The SMILES string of the molecule is O=C(/C=C/c1ccc2c(c1)OCO2)OCc1cc(-c2cccs2)on1. The van der Waals surface area contributed by atoms with E-state index in [9.17, 15) is 4.79 Å². The van der Waals surface area contributed by atoms with Crippen LogP contribution in [0, 0.1) is 0 Å². The van der Waals surface area contributed by atoms with Crippen molar-refractivity contribution in [2.75, 3.05) is 6.79 Å². The van der Waals surface area contributed by atoms with Gasteiger partial charge in [0.1, 0.15) is 12.3 Å². The van der Waals surface area contributed by atoms with Crippen LogP contribution in [0.5, 0.6) is 11.5 Å². The molecule has 0 unspecified atom stereocenters. The van der Waals surface area contributed by atoms with Gasteiger partial charge in [0.2, 0.25) is 6.79 Å². The van der Waals surface area contributed by atoms with Gasteiger partial charge in [-0.2, -0.15) is 0 Å². The Labute approximate surface area is 147 Å². The first-order chi connectivity index (χ1) is 12.3. The number of carbonyl (C=O) groups excluding carboxylic acids is 1. The molecule has 0 N–H and O–H groups in total. The molecule has 2 aromatic heterocycles. The lowest BCUT2D eigenvalue weighted by atomic mass is 10.2. The van der Waals surface area contributed by atoms with Crippen LogP contribution in [0.4, 0.5) is 0 Å². The molecule has 0 atom stereocenters. The molecule has 7 heteroatoms. The normalized spacial score (nSPS) is 12.6. The number of hydrogen-bond donors (Lipinski definition) is 0. The second kappa shape index (κ2) is 6.82. The summed E-state index contributed by atoms with van der Waals surface area (Å²) in [4.78, 5) is 12.8. The summed E-state index contributed by atoms with van der Waals surface area (Å²) in [5.41, 5.74) is 1.39. The first-order valence-electron chi connectivity index (χ1n) is 7.52. The Kier molecular flexibility index (Phi) is 4.22. The summed E-state index contributed by atoms with van der Waals surface area (Å²) in [6, 6.07) is 11.1. The maximum atomic E-state index is 11.8. The predicted octanol–water partition coefficient (Wildman–Crippen LogP) is 3.89. The standard InChI is InChI=1S/C18H13NO5S/c20-18(6-4-12-3-5-14-15(8-12)23-11-22-14)21-10-13-9-16(24-19-13)17-2-1-7-25-17/h1-9H,10-11H2/b6-4+. The number of rotatable bonds is 5. The smallest absolute Gasteiger partial charge is 0.331 e. The van der Waals surface area contributed by atoms with Crippen LogP contribution in [0.15, 0.2) is 52.4 Å². The fourth-order valence-electron chi connectivity index (χ4n) is 2.29. The number of ether oxygens (including phenoxy) is 3. The summed E-state index contributed by atoms with van der Waals surface area (Å²) < 4.78 is 20.9. The van der Waals surface area contributed by atoms with Gasteiger partial charge in [-0.3, -0.25) is 0 Å². The van der Waals surface area contributed by atoms with E-state index in [1.165, 1.54) is 6.08 Å². The molecule has 0 saturated carbocycles. The van der Waals surface area contributed by atoms with Crippen molar-refractivity contribution in [2.45, 2.75) is 6.61 Å². The minimum atomic E-state index is -0.460. The molecule has 0 aliphatic carbocycles. The van der Waals surface area contributed by atoms with E-state index in [2.05, 4.69) is 5.16 Å². The highest BCUT2D eigenvalue weighted by atomic mass is 32.1. The van der Waals surface area contributed by atoms with Crippen molar-refractivity contribution in [1.29, 1.82) is 0 Å². The van der Waals surface area contributed by atoms with E-state index in [1.54, 1.807) is 35.6 Å². The van der Waals surface area contributed by atoms with Gasteiger partial charge in [-0.25, -0.2) is 4.79 Å². The maximum Gasteiger partial charge on any atom is 0.331 e. The summed E-state index contributed by atoms with van der Waals surface area (Å²) in [5.74, 6) is 1.57. The van der Waals surface area contributed by atoms with Crippen LogP contribution in [0.25, 0.3) is 16.7 Å². The first kappa shape index (κ1) is 15.5. The van der Waals surface area contributed by atoms with Gasteiger partial charge < -0.3 is 18.7 Å². The van der Waals surface area contributed by atoms with E-state index in [-0.39, 0.29) is 13.4 Å². The van der Waals surface area contributed by atoms with Crippen LogP contribution >= 0.6 is 11.3 Å². The van der Waals surface area contributed by atoms with Gasteiger partial charge in [0, 0.05) is 12.1 Å². The molecule has 4 rings (SSSR count). The number of fused-ring (bicyclic) bond motifs is 1. The van der Waals surface area contributed by atoms with Gasteiger partial charge in [0.05, 0.1) is 4.88 Å². The van der Waals surface area contributed by atoms with E-state index in [0.717, 1.165) is 10.4 Å². The van der Waals surface area contributed by atoms with Crippen LogP contribution in [-0.4, -0.2) is 17.9 Å². The van der Waals surface area contributed by atoms with Crippen molar-refractivity contribution < 1.29 is 23.5 Å². The molecule has 0 saturated heterocycles. The summed E-state index contributed by atoms with van der Waals surface area (Å²) in [6.45, 7) is 0.273. The Morgan fingerprint density at radius 3 is 3.04 bits per heavy atom. The van der Waals surface area contributed by atoms with Gasteiger partial charge in [0.15, 0.2) is 17.3 Å². The van der Waals surface area contributed by atoms with Crippen molar-refractivity contribution in [3.8, 4) is 22.1 Å². The van der Waals surface area contributed by atoms with Crippen molar-refractivity contribution in [3.05, 3.63) is 59.1 Å². The number of carbonyl (C=O) groups is 1. The number of hydrogen-bond acceptors (Lipinski definition) is 7. The lowest BCUT2D eigenvalue weighted by molar-refractivity contribution is -0.139. The number of thiophene rings is 1. The zero-order chi connectivity index (χ0) is 17.1. The lowest BCUT2D eigenvalue weighted by Gasteiger charge is -1.99. The highest BCUT2D eigenvalue weighted by molar-refractivity contribution is 7.13. The molecule has 1 aromatic carbocycles. The Balaban J connectivity index is 1.33. The summed E-state index contributed by atoms with van der Waals surface area (Å²) in [7, 11) is 0. The minimum absolute atomic E-state index is 0.0547.